The Kier molecular flexibility index (Phi) is 3.81. The van der Waals surface area contributed by atoms with E-state index in [9.17, 15) is 14.4 Å². The second kappa shape index (κ2) is 6.27. The largest absolute Gasteiger partial charge is 0.481 e. The van der Waals surface area contributed by atoms with Gasteiger partial charge < -0.3 is 9.64 Å². The first-order valence-electron chi connectivity index (χ1n) is 9.48. The summed E-state index contributed by atoms with van der Waals surface area (Å²) in [5, 5.41) is 14.0. The molecule has 8 heteroatoms. The van der Waals surface area contributed by atoms with Crippen molar-refractivity contribution in [2.45, 2.75) is 19.3 Å². The van der Waals surface area contributed by atoms with Crippen LogP contribution in [0.1, 0.15) is 19.3 Å². The molecule has 1 saturated carbocycles. The van der Waals surface area contributed by atoms with E-state index in [0.717, 1.165) is 19.0 Å². The molecule has 1 atom stereocenters. The van der Waals surface area contributed by atoms with E-state index in [2.05, 4.69) is 16.2 Å². The molecular formula is C21H18FN5O2. The van der Waals surface area contributed by atoms with Crippen molar-refractivity contribution < 1.29 is 13.9 Å². The molecule has 1 aliphatic carbocycles. The van der Waals surface area contributed by atoms with Crippen LogP contribution in [-0.4, -0.2) is 34.2 Å². The minimum absolute atomic E-state index is 0.143. The van der Waals surface area contributed by atoms with E-state index in [-0.39, 0.29) is 11.8 Å². The van der Waals surface area contributed by atoms with Crippen molar-refractivity contribution in [2.24, 2.45) is 11.3 Å². The average molecular weight is 391 g/mol. The molecular weight excluding hydrogens is 373 g/mol. The highest BCUT2D eigenvalue weighted by atomic mass is 19.1. The molecule has 0 bridgehead atoms. The molecule has 0 spiro atoms. The van der Waals surface area contributed by atoms with Gasteiger partial charge in [-0.1, -0.05) is 0 Å². The van der Waals surface area contributed by atoms with Gasteiger partial charge in [-0.05, 0) is 37.3 Å². The van der Waals surface area contributed by atoms with E-state index in [1.54, 1.807) is 33.9 Å². The normalized spacial score (nSPS) is 21.6. The Hall–Kier alpha value is -3.47. The minimum atomic E-state index is -0.916. The Balaban J connectivity index is 1.59. The van der Waals surface area contributed by atoms with Crippen LogP contribution in [0.15, 0.2) is 36.8 Å². The summed E-state index contributed by atoms with van der Waals surface area (Å²) in [4.78, 5) is 18.7. The number of anilines is 1. The summed E-state index contributed by atoms with van der Waals surface area (Å²) in [6, 6.07) is 7.38. The second-order valence-electron chi connectivity index (χ2n) is 7.55. The Labute approximate surface area is 166 Å². The lowest BCUT2D eigenvalue weighted by atomic mass is 9.83. The SMILES string of the molecule is COc1cc(-c2cc3c(N4CC[C@@](C#N)(C5CC5)C4=O)ccnn3c2)c(F)cn1. The predicted octanol–water partition coefficient (Wildman–Crippen LogP) is 3.20. The van der Waals surface area contributed by atoms with E-state index < -0.39 is 11.2 Å². The number of pyridine rings is 1. The number of amides is 1. The molecule has 1 saturated heterocycles. The van der Waals surface area contributed by atoms with Crippen molar-refractivity contribution in [3.63, 3.8) is 0 Å². The van der Waals surface area contributed by atoms with Crippen LogP contribution in [-0.2, 0) is 4.79 Å². The van der Waals surface area contributed by atoms with Gasteiger partial charge in [-0.3, -0.25) is 4.79 Å². The fourth-order valence-corrected chi connectivity index (χ4v) is 4.25. The third kappa shape index (κ3) is 2.58. The van der Waals surface area contributed by atoms with Gasteiger partial charge in [-0.2, -0.15) is 10.4 Å². The van der Waals surface area contributed by atoms with Crippen molar-refractivity contribution >= 4 is 17.1 Å². The lowest BCUT2D eigenvalue weighted by Gasteiger charge is -2.21. The van der Waals surface area contributed by atoms with Crippen LogP contribution in [0.2, 0.25) is 0 Å². The minimum Gasteiger partial charge on any atom is -0.481 e. The highest BCUT2D eigenvalue weighted by molar-refractivity contribution is 6.05. The summed E-state index contributed by atoms with van der Waals surface area (Å²) in [5.41, 5.74) is 1.38. The molecule has 0 aromatic carbocycles. The Morgan fingerprint density at radius 1 is 1.38 bits per heavy atom. The lowest BCUT2D eigenvalue weighted by molar-refractivity contribution is -0.123. The Morgan fingerprint density at radius 2 is 2.21 bits per heavy atom. The molecule has 29 heavy (non-hydrogen) atoms. The maximum atomic E-state index is 14.4. The van der Waals surface area contributed by atoms with E-state index in [1.165, 1.54) is 13.2 Å². The highest BCUT2D eigenvalue weighted by Crippen LogP contribution is 2.52. The Bertz CT molecular complexity index is 1180. The van der Waals surface area contributed by atoms with Crippen LogP contribution < -0.4 is 9.64 Å². The summed E-state index contributed by atoms with van der Waals surface area (Å²) < 4.78 is 21.1. The number of rotatable bonds is 4. The van der Waals surface area contributed by atoms with Gasteiger partial charge in [0.2, 0.25) is 11.8 Å². The van der Waals surface area contributed by atoms with Crippen LogP contribution in [0.3, 0.4) is 0 Å². The second-order valence-corrected chi connectivity index (χ2v) is 7.55. The van der Waals surface area contributed by atoms with Crippen LogP contribution in [0.4, 0.5) is 10.1 Å². The van der Waals surface area contributed by atoms with Crippen molar-refractivity contribution in [3.8, 4) is 23.1 Å². The molecule has 5 rings (SSSR count). The zero-order valence-corrected chi connectivity index (χ0v) is 15.8. The lowest BCUT2D eigenvalue weighted by Crippen LogP contribution is -2.35. The zero-order chi connectivity index (χ0) is 20.2. The van der Waals surface area contributed by atoms with E-state index in [1.807, 2.05) is 0 Å². The van der Waals surface area contributed by atoms with Gasteiger partial charge in [0.25, 0.3) is 0 Å². The molecule has 0 N–H and O–H groups in total. The smallest absolute Gasteiger partial charge is 0.247 e. The van der Waals surface area contributed by atoms with E-state index >= 15 is 0 Å². The average Bonchev–Trinajstić information content (AvgIpc) is 3.41. The maximum absolute atomic E-state index is 14.4. The summed E-state index contributed by atoms with van der Waals surface area (Å²) >= 11 is 0. The fraction of sp³-hybridized carbons (Fsp3) is 0.333. The number of hydrogen-bond acceptors (Lipinski definition) is 5. The van der Waals surface area contributed by atoms with Gasteiger partial charge in [-0.25, -0.2) is 13.9 Å². The number of ether oxygens (including phenoxy) is 1. The van der Waals surface area contributed by atoms with E-state index in [0.29, 0.717) is 41.2 Å². The number of nitriles is 1. The van der Waals surface area contributed by atoms with Gasteiger partial charge >= 0.3 is 0 Å². The van der Waals surface area contributed by atoms with Gasteiger partial charge in [-0.15, -0.1) is 0 Å². The van der Waals surface area contributed by atoms with Crippen LogP contribution in [0.5, 0.6) is 5.88 Å². The van der Waals surface area contributed by atoms with Crippen molar-refractivity contribution in [1.82, 2.24) is 14.6 Å². The number of carbonyl (C=O) groups is 1. The van der Waals surface area contributed by atoms with Crippen LogP contribution >= 0.6 is 0 Å². The molecule has 3 aromatic rings. The van der Waals surface area contributed by atoms with Gasteiger partial charge in [0.15, 0.2) is 0 Å². The summed E-state index contributed by atoms with van der Waals surface area (Å²) in [6.07, 6.45) is 6.81. The number of halogens is 1. The standard InChI is InChI=1S/C21H18FN5O2/c1-29-19-9-15(16(22)10-24-19)13-8-18-17(4-6-25-27(18)11-13)26-7-5-21(12-23,20(26)28)14-2-3-14/h4,6,8-11,14H,2-3,5,7H2,1H3/t21-/m1/s1. The first-order chi connectivity index (χ1) is 14.1. The van der Waals surface area contributed by atoms with Gasteiger partial charge in [0.05, 0.1) is 30.6 Å². The summed E-state index contributed by atoms with van der Waals surface area (Å²) in [7, 11) is 1.47. The molecule has 146 valence electrons. The molecule has 2 fully saturated rings. The first-order valence-corrected chi connectivity index (χ1v) is 9.48. The van der Waals surface area contributed by atoms with Crippen molar-refractivity contribution in [1.29, 1.82) is 5.26 Å². The van der Waals surface area contributed by atoms with E-state index in [4.69, 9.17) is 4.74 Å². The molecule has 1 aliphatic heterocycles. The molecule has 4 heterocycles. The number of nitrogens with zero attached hydrogens (tertiary/aromatic N) is 5. The van der Waals surface area contributed by atoms with Gasteiger partial charge in [0.1, 0.15) is 11.2 Å². The van der Waals surface area contributed by atoms with Gasteiger partial charge in [0, 0.05) is 36.1 Å². The molecule has 3 aromatic heterocycles. The number of aromatic nitrogens is 3. The quantitative estimate of drug-likeness (QED) is 0.682. The third-order valence-corrected chi connectivity index (χ3v) is 5.96. The summed E-state index contributed by atoms with van der Waals surface area (Å²) in [6.45, 7) is 0.487. The highest BCUT2D eigenvalue weighted by Gasteiger charge is 2.57. The monoisotopic (exact) mass is 391 g/mol. The molecule has 7 nitrogen and oxygen atoms in total. The number of carbonyl (C=O) groups excluding carboxylic acids is 1. The number of fused-ring (bicyclic) bond motifs is 1. The summed E-state index contributed by atoms with van der Waals surface area (Å²) in [5.74, 6) is -0.153. The molecule has 0 radical (unpaired) electrons. The fourth-order valence-electron chi connectivity index (χ4n) is 4.25. The van der Waals surface area contributed by atoms with Crippen LogP contribution in [0.25, 0.3) is 16.6 Å². The molecule has 1 amide bonds. The predicted molar refractivity (Wildman–Crippen MR) is 103 cm³/mol. The zero-order valence-electron chi connectivity index (χ0n) is 15.8. The Morgan fingerprint density at radius 3 is 2.93 bits per heavy atom. The number of methoxy groups -OCH3 is 1. The third-order valence-electron chi connectivity index (χ3n) is 5.96. The topological polar surface area (TPSA) is 83.5 Å². The number of hydrogen-bond donors (Lipinski definition) is 0. The van der Waals surface area contributed by atoms with Crippen molar-refractivity contribution in [3.05, 3.63) is 42.6 Å². The maximum Gasteiger partial charge on any atom is 0.247 e. The van der Waals surface area contributed by atoms with Crippen molar-refractivity contribution in [2.75, 3.05) is 18.6 Å². The van der Waals surface area contributed by atoms with Crippen LogP contribution in [0, 0.1) is 28.5 Å². The molecule has 2 aliphatic rings. The first kappa shape index (κ1) is 17.6. The molecule has 0 unspecified atom stereocenters.